The van der Waals surface area contributed by atoms with Gasteiger partial charge in [-0.05, 0) is 43.6 Å². The van der Waals surface area contributed by atoms with Crippen LogP contribution in [0.4, 0.5) is 5.82 Å². The smallest absolute Gasteiger partial charge is 0.263 e. The maximum Gasteiger partial charge on any atom is 0.263 e. The summed E-state index contributed by atoms with van der Waals surface area (Å²) < 4.78 is 6.72. The minimum absolute atomic E-state index is 0.0239. The number of aryl methyl sites for hydroxylation is 2. The highest BCUT2D eigenvalue weighted by Crippen LogP contribution is 2.36. The molecule has 3 heterocycles. The fourth-order valence-electron chi connectivity index (χ4n) is 3.78. The van der Waals surface area contributed by atoms with Crippen LogP contribution in [-0.4, -0.2) is 26.4 Å². The summed E-state index contributed by atoms with van der Waals surface area (Å²) in [5.74, 6) is 1.89. The first kappa shape index (κ1) is 21.1. The van der Waals surface area contributed by atoms with Crippen molar-refractivity contribution in [3.8, 4) is 0 Å². The molecule has 3 aromatic rings. The molecule has 0 fully saturated rings. The van der Waals surface area contributed by atoms with Gasteiger partial charge in [-0.15, -0.1) is 11.3 Å². The predicted octanol–water partition coefficient (Wildman–Crippen LogP) is 4.27. The van der Waals surface area contributed by atoms with Gasteiger partial charge in [-0.3, -0.25) is 14.2 Å². The molecule has 3 aromatic heterocycles. The van der Waals surface area contributed by atoms with Gasteiger partial charge in [-0.2, -0.15) is 0 Å². The minimum atomic E-state index is -0.210. The van der Waals surface area contributed by atoms with Crippen molar-refractivity contribution in [1.82, 2.24) is 14.7 Å². The highest BCUT2D eigenvalue weighted by atomic mass is 32.2. The SMILES string of the molecule is Cc1cc(NC(=O)CSc2nc3sc4c(c3c(=O)n2CC(C)C)CCC(C)C4)no1. The Morgan fingerprint density at radius 3 is 2.97 bits per heavy atom. The molecule has 160 valence electrons. The van der Waals surface area contributed by atoms with Crippen molar-refractivity contribution in [2.75, 3.05) is 11.1 Å². The van der Waals surface area contributed by atoms with E-state index in [-0.39, 0.29) is 17.2 Å². The Hall–Kier alpha value is -2.13. The van der Waals surface area contributed by atoms with Gasteiger partial charge >= 0.3 is 0 Å². The molecular formula is C21H26N4O3S2. The standard InChI is InChI=1S/C21H26N4O3S2/c1-11(2)9-25-20(27)18-14-6-5-12(3)7-15(14)30-19(18)23-21(25)29-10-17(26)22-16-8-13(4)28-24-16/h8,11-12H,5-7,9-10H2,1-4H3,(H,22,24,26). The van der Waals surface area contributed by atoms with E-state index in [9.17, 15) is 9.59 Å². The lowest BCUT2D eigenvalue weighted by Crippen LogP contribution is -2.26. The van der Waals surface area contributed by atoms with Crippen LogP contribution in [0.1, 0.15) is 43.4 Å². The van der Waals surface area contributed by atoms with Gasteiger partial charge in [0, 0.05) is 17.5 Å². The van der Waals surface area contributed by atoms with Crippen molar-refractivity contribution >= 4 is 45.0 Å². The lowest BCUT2D eigenvalue weighted by Gasteiger charge is -2.18. The van der Waals surface area contributed by atoms with Crippen LogP contribution in [-0.2, 0) is 24.2 Å². The fourth-order valence-corrected chi connectivity index (χ4v) is 6.01. The van der Waals surface area contributed by atoms with Crippen molar-refractivity contribution in [2.45, 2.75) is 58.7 Å². The number of amides is 1. The summed E-state index contributed by atoms with van der Waals surface area (Å²) in [6, 6.07) is 1.67. The van der Waals surface area contributed by atoms with Crippen LogP contribution in [0.15, 0.2) is 20.5 Å². The molecule has 4 rings (SSSR count). The number of hydrogen-bond acceptors (Lipinski definition) is 7. The molecular weight excluding hydrogens is 420 g/mol. The second-order valence-electron chi connectivity index (χ2n) is 8.40. The highest BCUT2D eigenvalue weighted by Gasteiger charge is 2.25. The van der Waals surface area contributed by atoms with Gasteiger partial charge < -0.3 is 9.84 Å². The Kier molecular flexibility index (Phi) is 6.02. The lowest BCUT2D eigenvalue weighted by atomic mass is 9.89. The Morgan fingerprint density at radius 2 is 2.27 bits per heavy atom. The number of fused-ring (bicyclic) bond motifs is 3. The quantitative estimate of drug-likeness (QED) is 0.449. The molecule has 0 saturated carbocycles. The largest absolute Gasteiger partial charge is 0.360 e. The molecule has 9 heteroatoms. The maximum absolute atomic E-state index is 13.4. The van der Waals surface area contributed by atoms with Crippen LogP contribution < -0.4 is 10.9 Å². The van der Waals surface area contributed by atoms with Crippen LogP contribution in [0.25, 0.3) is 10.2 Å². The Morgan fingerprint density at radius 1 is 1.47 bits per heavy atom. The average molecular weight is 447 g/mol. The summed E-state index contributed by atoms with van der Waals surface area (Å²) in [7, 11) is 0. The molecule has 1 amide bonds. The normalized spacial score (nSPS) is 16.2. The summed E-state index contributed by atoms with van der Waals surface area (Å²) in [4.78, 5) is 32.7. The molecule has 0 saturated heterocycles. The Bertz CT molecular complexity index is 1150. The van der Waals surface area contributed by atoms with Gasteiger partial charge in [0.25, 0.3) is 5.56 Å². The number of thiophene rings is 1. The third kappa shape index (κ3) is 4.32. The first-order chi connectivity index (χ1) is 14.3. The van der Waals surface area contributed by atoms with E-state index in [2.05, 4.69) is 31.2 Å². The van der Waals surface area contributed by atoms with Gasteiger partial charge in [-0.1, -0.05) is 37.7 Å². The third-order valence-corrected chi connectivity index (χ3v) is 7.28. The number of aromatic nitrogens is 3. The molecule has 0 aliphatic heterocycles. The Labute approximate surface area is 183 Å². The second-order valence-corrected chi connectivity index (χ2v) is 10.4. The van der Waals surface area contributed by atoms with Crippen molar-refractivity contribution in [3.05, 3.63) is 32.6 Å². The summed E-state index contributed by atoms with van der Waals surface area (Å²) in [6.45, 7) is 8.76. The fraction of sp³-hybridized carbons (Fsp3) is 0.524. The van der Waals surface area contributed by atoms with E-state index >= 15 is 0 Å². The average Bonchev–Trinajstić information content (AvgIpc) is 3.24. The molecule has 0 aromatic carbocycles. The van der Waals surface area contributed by atoms with Crippen molar-refractivity contribution in [2.24, 2.45) is 11.8 Å². The van der Waals surface area contributed by atoms with Gasteiger partial charge in [0.1, 0.15) is 10.6 Å². The van der Waals surface area contributed by atoms with E-state index in [4.69, 9.17) is 9.51 Å². The molecule has 1 aliphatic carbocycles. The molecule has 1 unspecified atom stereocenters. The zero-order valence-electron chi connectivity index (χ0n) is 17.7. The van der Waals surface area contributed by atoms with E-state index < -0.39 is 0 Å². The van der Waals surface area contributed by atoms with Gasteiger partial charge in [-0.25, -0.2) is 4.98 Å². The van der Waals surface area contributed by atoms with Crippen molar-refractivity contribution < 1.29 is 9.32 Å². The second kappa shape index (κ2) is 8.55. The van der Waals surface area contributed by atoms with Gasteiger partial charge in [0.2, 0.25) is 5.91 Å². The van der Waals surface area contributed by atoms with Gasteiger partial charge in [0.15, 0.2) is 11.0 Å². The van der Waals surface area contributed by atoms with Crippen LogP contribution in [0.3, 0.4) is 0 Å². The topological polar surface area (TPSA) is 90.0 Å². The Balaban J connectivity index is 1.64. The first-order valence-corrected chi connectivity index (χ1v) is 12.0. The van der Waals surface area contributed by atoms with Crippen molar-refractivity contribution in [3.63, 3.8) is 0 Å². The predicted molar refractivity (Wildman–Crippen MR) is 121 cm³/mol. The number of thioether (sulfide) groups is 1. The molecule has 0 spiro atoms. The number of anilines is 1. The van der Waals surface area contributed by atoms with E-state index in [0.29, 0.717) is 35.1 Å². The molecule has 0 radical (unpaired) electrons. The maximum atomic E-state index is 13.4. The number of hydrogen-bond donors (Lipinski definition) is 1. The van der Waals surface area contributed by atoms with E-state index in [1.54, 1.807) is 28.9 Å². The van der Waals surface area contributed by atoms with Gasteiger partial charge in [0.05, 0.1) is 11.1 Å². The lowest BCUT2D eigenvalue weighted by molar-refractivity contribution is -0.113. The number of nitrogens with zero attached hydrogens (tertiary/aromatic N) is 3. The number of carbonyl (C=O) groups is 1. The molecule has 7 nitrogen and oxygen atoms in total. The molecule has 30 heavy (non-hydrogen) atoms. The molecule has 0 bridgehead atoms. The molecule has 1 aliphatic rings. The summed E-state index contributed by atoms with van der Waals surface area (Å²) >= 11 is 2.93. The van der Waals surface area contributed by atoms with E-state index in [1.807, 2.05) is 0 Å². The zero-order valence-corrected chi connectivity index (χ0v) is 19.3. The monoisotopic (exact) mass is 446 g/mol. The summed E-state index contributed by atoms with van der Waals surface area (Å²) in [6.07, 6.45) is 3.07. The van der Waals surface area contributed by atoms with Crippen LogP contribution in [0.2, 0.25) is 0 Å². The summed E-state index contributed by atoms with van der Waals surface area (Å²) in [5.41, 5.74) is 1.22. The van der Waals surface area contributed by atoms with Crippen molar-refractivity contribution in [1.29, 1.82) is 0 Å². The number of carbonyl (C=O) groups excluding carboxylic acids is 1. The first-order valence-electron chi connectivity index (χ1n) is 10.2. The van der Waals surface area contributed by atoms with Crippen LogP contribution in [0, 0.1) is 18.8 Å². The minimum Gasteiger partial charge on any atom is -0.360 e. The number of rotatable bonds is 6. The molecule has 1 N–H and O–H groups in total. The van der Waals surface area contributed by atoms with Crippen LogP contribution in [0.5, 0.6) is 0 Å². The zero-order chi connectivity index (χ0) is 21.4. The van der Waals surface area contributed by atoms with Crippen LogP contribution >= 0.6 is 23.1 Å². The van der Waals surface area contributed by atoms with E-state index in [1.165, 1.54) is 22.2 Å². The summed E-state index contributed by atoms with van der Waals surface area (Å²) in [5, 5.41) is 7.88. The third-order valence-electron chi connectivity index (χ3n) is 5.16. The molecule has 1 atom stereocenters. The van der Waals surface area contributed by atoms with E-state index in [0.717, 1.165) is 29.5 Å². The highest BCUT2D eigenvalue weighted by molar-refractivity contribution is 7.99. The number of nitrogens with one attached hydrogen (secondary N) is 1.